The lowest BCUT2D eigenvalue weighted by atomic mass is 9.95. The molecule has 0 bridgehead atoms. The van der Waals surface area contributed by atoms with E-state index in [1.807, 2.05) is 12.4 Å². The zero-order chi connectivity index (χ0) is 22.5. The minimum atomic E-state index is -0.249. The van der Waals surface area contributed by atoms with Crippen LogP contribution in [-0.4, -0.2) is 63.8 Å². The molecular weight excluding hydrogens is 419 g/mol. The standard InChI is InChI=1S/C25H31FN6O/c26-20-8-6-19(7-9-20)23-24(32(18-29-23)21-4-2-1-3-5-21)22-10-11-27-25(30-22)28-12-13-31-14-16-33-17-15-31/h6-11,18,21H,1-5,12-17H2,(H,27,28,30). The Labute approximate surface area is 194 Å². The lowest BCUT2D eigenvalue weighted by molar-refractivity contribution is 0.0398. The summed E-state index contributed by atoms with van der Waals surface area (Å²) in [6.07, 6.45) is 9.75. The minimum absolute atomic E-state index is 0.249. The van der Waals surface area contributed by atoms with Gasteiger partial charge in [-0.2, -0.15) is 0 Å². The molecule has 5 rings (SSSR count). The van der Waals surface area contributed by atoms with Gasteiger partial charge >= 0.3 is 0 Å². The van der Waals surface area contributed by atoms with Gasteiger partial charge in [0.2, 0.25) is 5.95 Å². The third-order valence-corrected chi connectivity index (χ3v) is 6.59. The summed E-state index contributed by atoms with van der Waals surface area (Å²) in [4.78, 5) is 16.4. The van der Waals surface area contributed by atoms with Gasteiger partial charge in [-0.05, 0) is 43.2 Å². The first-order chi connectivity index (χ1) is 16.3. The van der Waals surface area contributed by atoms with Crippen molar-refractivity contribution in [1.82, 2.24) is 24.4 Å². The highest BCUT2D eigenvalue weighted by molar-refractivity contribution is 5.77. The number of nitrogens with one attached hydrogen (secondary N) is 1. The topological polar surface area (TPSA) is 68.1 Å². The Morgan fingerprint density at radius 3 is 2.58 bits per heavy atom. The van der Waals surface area contributed by atoms with Crippen molar-refractivity contribution in [1.29, 1.82) is 0 Å². The van der Waals surface area contributed by atoms with Crippen molar-refractivity contribution in [2.24, 2.45) is 0 Å². The van der Waals surface area contributed by atoms with Gasteiger partial charge in [0, 0.05) is 44.0 Å². The van der Waals surface area contributed by atoms with E-state index in [2.05, 4.69) is 19.8 Å². The number of morpholine rings is 1. The van der Waals surface area contributed by atoms with Crippen LogP contribution in [-0.2, 0) is 4.74 Å². The van der Waals surface area contributed by atoms with Gasteiger partial charge in [-0.3, -0.25) is 4.90 Å². The Hall–Kier alpha value is -2.84. The Bertz CT molecular complexity index is 1040. The molecular formula is C25H31FN6O. The van der Waals surface area contributed by atoms with Crippen molar-refractivity contribution in [3.63, 3.8) is 0 Å². The summed E-state index contributed by atoms with van der Waals surface area (Å²) in [5.74, 6) is 0.364. The Morgan fingerprint density at radius 1 is 1.00 bits per heavy atom. The third kappa shape index (κ3) is 5.23. The average molecular weight is 451 g/mol. The molecule has 8 heteroatoms. The molecule has 0 amide bonds. The van der Waals surface area contributed by atoms with Crippen LogP contribution in [0.3, 0.4) is 0 Å². The second-order valence-corrected chi connectivity index (χ2v) is 8.79. The van der Waals surface area contributed by atoms with Crippen LogP contribution in [0.2, 0.25) is 0 Å². The normalized spacial score (nSPS) is 17.8. The Kier molecular flexibility index (Phi) is 6.92. The number of hydrogen-bond donors (Lipinski definition) is 1. The summed E-state index contributed by atoms with van der Waals surface area (Å²) in [6, 6.07) is 8.89. The molecule has 3 aromatic rings. The molecule has 1 saturated heterocycles. The highest BCUT2D eigenvalue weighted by atomic mass is 19.1. The van der Waals surface area contributed by atoms with Crippen LogP contribution in [0.4, 0.5) is 10.3 Å². The van der Waals surface area contributed by atoms with Gasteiger partial charge < -0.3 is 14.6 Å². The molecule has 1 N–H and O–H groups in total. The molecule has 2 fully saturated rings. The maximum absolute atomic E-state index is 13.6. The number of ether oxygens (including phenoxy) is 1. The molecule has 0 spiro atoms. The van der Waals surface area contributed by atoms with E-state index in [9.17, 15) is 4.39 Å². The molecule has 1 aliphatic heterocycles. The molecule has 0 unspecified atom stereocenters. The molecule has 174 valence electrons. The lowest BCUT2D eigenvalue weighted by Gasteiger charge is -2.26. The van der Waals surface area contributed by atoms with Crippen LogP contribution in [0.1, 0.15) is 38.1 Å². The SMILES string of the molecule is Fc1ccc(-c2ncn(C3CCCCC3)c2-c2ccnc(NCCN3CCOCC3)n2)cc1. The van der Waals surface area contributed by atoms with E-state index in [1.165, 1.54) is 31.4 Å². The number of halogens is 1. The molecule has 3 heterocycles. The van der Waals surface area contributed by atoms with Crippen molar-refractivity contribution >= 4 is 5.95 Å². The quantitative estimate of drug-likeness (QED) is 0.576. The monoisotopic (exact) mass is 450 g/mol. The van der Waals surface area contributed by atoms with Crippen molar-refractivity contribution in [2.75, 3.05) is 44.7 Å². The van der Waals surface area contributed by atoms with Crippen molar-refractivity contribution < 1.29 is 9.13 Å². The van der Waals surface area contributed by atoms with Gasteiger partial charge in [-0.15, -0.1) is 0 Å². The zero-order valence-electron chi connectivity index (χ0n) is 18.9. The number of benzene rings is 1. The predicted octanol–water partition coefficient (Wildman–Crippen LogP) is 4.40. The molecule has 1 aliphatic carbocycles. The maximum Gasteiger partial charge on any atom is 0.223 e. The smallest absolute Gasteiger partial charge is 0.223 e. The first kappa shape index (κ1) is 22.0. The fraction of sp³-hybridized carbons (Fsp3) is 0.480. The number of rotatable bonds is 7. The minimum Gasteiger partial charge on any atom is -0.379 e. The first-order valence-corrected chi connectivity index (χ1v) is 12.0. The number of hydrogen-bond acceptors (Lipinski definition) is 6. The Morgan fingerprint density at radius 2 is 1.79 bits per heavy atom. The second kappa shape index (κ2) is 10.4. The number of anilines is 1. The zero-order valence-corrected chi connectivity index (χ0v) is 18.9. The summed E-state index contributed by atoms with van der Waals surface area (Å²) >= 11 is 0. The van der Waals surface area contributed by atoms with Gasteiger partial charge in [-0.25, -0.2) is 19.3 Å². The van der Waals surface area contributed by atoms with E-state index in [-0.39, 0.29) is 5.82 Å². The van der Waals surface area contributed by atoms with E-state index < -0.39 is 0 Å². The highest BCUT2D eigenvalue weighted by Gasteiger charge is 2.23. The van der Waals surface area contributed by atoms with Crippen LogP contribution in [0, 0.1) is 5.82 Å². The van der Waals surface area contributed by atoms with E-state index in [4.69, 9.17) is 14.7 Å². The van der Waals surface area contributed by atoms with Crippen molar-refractivity contribution in [2.45, 2.75) is 38.1 Å². The molecule has 2 aliphatic rings. The van der Waals surface area contributed by atoms with Crippen LogP contribution >= 0.6 is 0 Å². The Balaban J connectivity index is 1.42. The number of nitrogens with zero attached hydrogens (tertiary/aromatic N) is 5. The summed E-state index contributed by atoms with van der Waals surface area (Å²) in [5, 5.41) is 3.38. The fourth-order valence-electron chi connectivity index (χ4n) is 4.80. The first-order valence-electron chi connectivity index (χ1n) is 12.0. The fourth-order valence-corrected chi connectivity index (χ4v) is 4.80. The molecule has 33 heavy (non-hydrogen) atoms. The molecule has 2 aromatic heterocycles. The van der Waals surface area contributed by atoms with Crippen LogP contribution in [0.5, 0.6) is 0 Å². The van der Waals surface area contributed by atoms with Gasteiger partial charge in [0.25, 0.3) is 0 Å². The van der Waals surface area contributed by atoms with Crippen molar-refractivity contribution in [3.05, 3.63) is 48.7 Å². The van der Waals surface area contributed by atoms with Crippen molar-refractivity contribution in [3.8, 4) is 22.6 Å². The molecule has 1 saturated carbocycles. The van der Waals surface area contributed by atoms with Gasteiger partial charge in [0.05, 0.1) is 36.6 Å². The van der Waals surface area contributed by atoms with Crippen LogP contribution < -0.4 is 5.32 Å². The molecule has 0 atom stereocenters. The largest absolute Gasteiger partial charge is 0.379 e. The van der Waals surface area contributed by atoms with Crippen LogP contribution in [0.15, 0.2) is 42.9 Å². The van der Waals surface area contributed by atoms with E-state index >= 15 is 0 Å². The summed E-state index contributed by atoms with van der Waals surface area (Å²) < 4.78 is 21.3. The van der Waals surface area contributed by atoms with Gasteiger partial charge in [-0.1, -0.05) is 19.3 Å². The molecule has 1 aromatic carbocycles. The average Bonchev–Trinajstić information content (AvgIpc) is 3.31. The summed E-state index contributed by atoms with van der Waals surface area (Å²) in [7, 11) is 0. The third-order valence-electron chi connectivity index (χ3n) is 6.59. The second-order valence-electron chi connectivity index (χ2n) is 8.79. The van der Waals surface area contributed by atoms with E-state index in [1.54, 1.807) is 18.3 Å². The van der Waals surface area contributed by atoms with E-state index in [0.29, 0.717) is 12.0 Å². The van der Waals surface area contributed by atoms with Gasteiger partial charge in [0.1, 0.15) is 5.82 Å². The van der Waals surface area contributed by atoms with Gasteiger partial charge in [0.15, 0.2) is 0 Å². The molecule has 0 radical (unpaired) electrons. The summed E-state index contributed by atoms with van der Waals surface area (Å²) in [6.45, 7) is 5.22. The highest BCUT2D eigenvalue weighted by Crippen LogP contribution is 2.37. The van der Waals surface area contributed by atoms with Crippen LogP contribution in [0.25, 0.3) is 22.6 Å². The summed E-state index contributed by atoms with van der Waals surface area (Å²) in [5.41, 5.74) is 3.54. The maximum atomic E-state index is 13.6. The van der Waals surface area contributed by atoms with E-state index in [0.717, 1.165) is 74.9 Å². The number of imidazole rings is 1. The molecule has 7 nitrogen and oxygen atoms in total. The predicted molar refractivity (Wildman–Crippen MR) is 127 cm³/mol. The lowest BCUT2D eigenvalue weighted by Crippen LogP contribution is -2.39. The number of aromatic nitrogens is 4.